The zero-order chi connectivity index (χ0) is 16.1. The lowest BCUT2D eigenvalue weighted by Gasteiger charge is -2.10. The van der Waals surface area contributed by atoms with Gasteiger partial charge >= 0.3 is 12.1 Å². The zero-order valence-electron chi connectivity index (χ0n) is 11.9. The lowest BCUT2D eigenvalue weighted by Crippen LogP contribution is -2.18. The van der Waals surface area contributed by atoms with Crippen molar-refractivity contribution in [2.24, 2.45) is 0 Å². The lowest BCUT2D eigenvalue weighted by molar-refractivity contribution is 0.0695. The summed E-state index contributed by atoms with van der Waals surface area (Å²) in [6, 6.07) is 11.0. The highest BCUT2D eigenvalue weighted by Crippen LogP contribution is 2.25. The second kappa shape index (κ2) is 6.62. The molecule has 2 aromatic carbocycles. The van der Waals surface area contributed by atoms with Crippen LogP contribution in [0.4, 0.5) is 10.5 Å². The molecule has 0 aliphatic heterocycles. The number of phenols is 1. The first-order valence-electron chi connectivity index (χ1n) is 6.64. The molecular formula is C16H15NO5. The van der Waals surface area contributed by atoms with Crippen molar-refractivity contribution in [2.75, 3.05) is 5.32 Å². The minimum absolute atomic E-state index is 0.0392. The van der Waals surface area contributed by atoms with Crippen molar-refractivity contribution in [2.45, 2.75) is 13.3 Å². The van der Waals surface area contributed by atoms with E-state index >= 15 is 0 Å². The van der Waals surface area contributed by atoms with Gasteiger partial charge in [0.05, 0.1) is 5.69 Å². The van der Waals surface area contributed by atoms with Gasteiger partial charge in [0.1, 0.15) is 17.1 Å². The van der Waals surface area contributed by atoms with E-state index in [4.69, 9.17) is 9.84 Å². The van der Waals surface area contributed by atoms with Gasteiger partial charge in [-0.25, -0.2) is 9.59 Å². The van der Waals surface area contributed by atoms with E-state index in [1.165, 1.54) is 18.2 Å². The number of benzene rings is 2. The van der Waals surface area contributed by atoms with Crippen LogP contribution < -0.4 is 10.1 Å². The first kappa shape index (κ1) is 15.4. The summed E-state index contributed by atoms with van der Waals surface area (Å²) in [5, 5.41) is 20.9. The van der Waals surface area contributed by atoms with Crippen molar-refractivity contribution in [1.29, 1.82) is 0 Å². The number of carbonyl (C=O) groups is 2. The monoisotopic (exact) mass is 301 g/mol. The van der Waals surface area contributed by atoms with Crippen LogP contribution in [0.3, 0.4) is 0 Å². The Labute approximate surface area is 127 Å². The van der Waals surface area contributed by atoms with Crippen LogP contribution in [0, 0.1) is 0 Å². The van der Waals surface area contributed by atoms with Crippen molar-refractivity contribution >= 4 is 17.7 Å². The van der Waals surface area contributed by atoms with Crippen LogP contribution in [0.15, 0.2) is 42.5 Å². The minimum Gasteiger partial charge on any atom is -0.507 e. The first-order valence-corrected chi connectivity index (χ1v) is 6.64. The van der Waals surface area contributed by atoms with Gasteiger partial charge in [0.15, 0.2) is 0 Å². The van der Waals surface area contributed by atoms with E-state index in [0.717, 1.165) is 12.0 Å². The predicted octanol–water partition coefficient (Wildman–Crippen LogP) is 3.26. The van der Waals surface area contributed by atoms with Crippen LogP contribution in [0.1, 0.15) is 22.8 Å². The number of carboxylic acid groups (broad SMARTS) is 1. The molecule has 22 heavy (non-hydrogen) atoms. The maximum absolute atomic E-state index is 11.8. The number of aromatic hydroxyl groups is 1. The molecule has 114 valence electrons. The van der Waals surface area contributed by atoms with Crippen LogP contribution in [-0.2, 0) is 6.42 Å². The standard InChI is InChI=1S/C16H15NO5/c1-2-10-6-8-11(9-7-10)22-16(21)17-12-4-3-5-13(18)14(12)15(19)20/h3-9,18H,2H2,1H3,(H,17,21)(H,19,20). The average molecular weight is 301 g/mol. The van der Waals surface area contributed by atoms with Crippen molar-refractivity contribution in [3.8, 4) is 11.5 Å². The van der Waals surface area contributed by atoms with Crippen molar-refractivity contribution in [3.05, 3.63) is 53.6 Å². The van der Waals surface area contributed by atoms with Gasteiger partial charge in [-0.2, -0.15) is 0 Å². The van der Waals surface area contributed by atoms with Gasteiger partial charge < -0.3 is 14.9 Å². The fraction of sp³-hybridized carbons (Fsp3) is 0.125. The summed E-state index contributed by atoms with van der Waals surface area (Å²) in [7, 11) is 0. The third-order valence-electron chi connectivity index (χ3n) is 3.04. The molecule has 0 saturated carbocycles. The number of aryl methyl sites for hydroxylation is 1. The Balaban J connectivity index is 2.12. The molecule has 2 rings (SSSR count). The molecule has 6 nitrogen and oxygen atoms in total. The number of anilines is 1. The molecule has 3 N–H and O–H groups in total. The largest absolute Gasteiger partial charge is 0.507 e. The lowest BCUT2D eigenvalue weighted by atomic mass is 10.1. The summed E-state index contributed by atoms with van der Waals surface area (Å²) in [5.74, 6) is -1.44. The highest BCUT2D eigenvalue weighted by molar-refractivity contribution is 6.01. The maximum Gasteiger partial charge on any atom is 0.417 e. The third kappa shape index (κ3) is 3.54. The van der Waals surface area contributed by atoms with Gasteiger partial charge in [-0.05, 0) is 36.2 Å². The first-order chi connectivity index (χ1) is 10.5. The van der Waals surface area contributed by atoms with E-state index in [9.17, 15) is 14.7 Å². The predicted molar refractivity (Wildman–Crippen MR) is 80.5 cm³/mol. The van der Waals surface area contributed by atoms with Gasteiger partial charge in [0, 0.05) is 0 Å². The fourth-order valence-corrected chi connectivity index (χ4v) is 1.90. The summed E-state index contributed by atoms with van der Waals surface area (Å²) < 4.78 is 5.07. The van der Waals surface area contributed by atoms with E-state index in [0.29, 0.717) is 5.75 Å². The summed E-state index contributed by atoms with van der Waals surface area (Å²) in [6.45, 7) is 2.01. The highest BCUT2D eigenvalue weighted by atomic mass is 16.6. The third-order valence-corrected chi connectivity index (χ3v) is 3.04. The average Bonchev–Trinajstić information content (AvgIpc) is 2.47. The molecule has 0 heterocycles. The van der Waals surface area contributed by atoms with E-state index in [1.54, 1.807) is 12.1 Å². The number of ether oxygens (including phenoxy) is 1. The quantitative estimate of drug-likeness (QED) is 0.805. The number of aromatic carboxylic acids is 1. The second-order valence-corrected chi connectivity index (χ2v) is 4.52. The fourth-order valence-electron chi connectivity index (χ4n) is 1.90. The second-order valence-electron chi connectivity index (χ2n) is 4.52. The van der Waals surface area contributed by atoms with Crippen LogP contribution in [0.25, 0.3) is 0 Å². The molecule has 0 radical (unpaired) electrons. The summed E-state index contributed by atoms with van der Waals surface area (Å²) >= 11 is 0. The number of amides is 1. The molecule has 0 saturated heterocycles. The molecular weight excluding hydrogens is 286 g/mol. The van der Waals surface area contributed by atoms with Crippen molar-refractivity contribution in [1.82, 2.24) is 0 Å². The highest BCUT2D eigenvalue weighted by Gasteiger charge is 2.17. The summed E-state index contributed by atoms with van der Waals surface area (Å²) in [4.78, 5) is 22.9. The Bertz CT molecular complexity index is 694. The van der Waals surface area contributed by atoms with Crippen LogP contribution in [0.2, 0.25) is 0 Å². The number of carboxylic acids is 1. The van der Waals surface area contributed by atoms with E-state index < -0.39 is 17.8 Å². The van der Waals surface area contributed by atoms with Crippen LogP contribution >= 0.6 is 0 Å². The summed E-state index contributed by atoms with van der Waals surface area (Å²) in [6.07, 6.45) is 0.0370. The van der Waals surface area contributed by atoms with Crippen molar-refractivity contribution in [3.63, 3.8) is 0 Å². The number of rotatable bonds is 4. The van der Waals surface area contributed by atoms with E-state index in [-0.39, 0.29) is 11.3 Å². The Morgan fingerprint density at radius 1 is 1.14 bits per heavy atom. The number of nitrogens with one attached hydrogen (secondary N) is 1. The minimum atomic E-state index is -1.35. The zero-order valence-corrected chi connectivity index (χ0v) is 11.9. The Kier molecular flexibility index (Phi) is 4.63. The van der Waals surface area contributed by atoms with Gasteiger partial charge in [0.25, 0.3) is 0 Å². The van der Waals surface area contributed by atoms with Gasteiger partial charge in [-0.1, -0.05) is 25.1 Å². The molecule has 0 bridgehead atoms. The van der Waals surface area contributed by atoms with Crippen molar-refractivity contribution < 1.29 is 24.5 Å². The summed E-state index contributed by atoms with van der Waals surface area (Å²) in [5.41, 5.74) is 0.678. The van der Waals surface area contributed by atoms with Gasteiger partial charge in [-0.15, -0.1) is 0 Å². The number of hydrogen-bond acceptors (Lipinski definition) is 4. The molecule has 0 unspecified atom stereocenters. The topological polar surface area (TPSA) is 95.9 Å². The molecule has 0 atom stereocenters. The van der Waals surface area contributed by atoms with E-state index in [1.807, 2.05) is 19.1 Å². The molecule has 0 fully saturated rings. The number of carbonyl (C=O) groups excluding carboxylic acids is 1. The molecule has 0 spiro atoms. The van der Waals surface area contributed by atoms with Gasteiger partial charge in [0.2, 0.25) is 0 Å². The van der Waals surface area contributed by atoms with Gasteiger partial charge in [-0.3, -0.25) is 5.32 Å². The maximum atomic E-state index is 11.8. The SMILES string of the molecule is CCc1ccc(OC(=O)Nc2cccc(O)c2C(=O)O)cc1. The number of hydrogen-bond donors (Lipinski definition) is 3. The molecule has 1 amide bonds. The Hall–Kier alpha value is -3.02. The molecule has 0 aliphatic rings. The Morgan fingerprint density at radius 3 is 2.41 bits per heavy atom. The van der Waals surface area contributed by atoms with E-state index in [2.05, 4.69) is 5.32 Å². The Morgan fingerprint density at radius 2 is 1.82 bits per heavy atom. The van der Waals surface area contributed by atoms with Crippen LogP contribution in [-0.4, -0.2) is 22.3 Å². The molecule has 6 heteroatoms. The normalized spacial score (nSPS) is 10.0. The molecule has 0 aliphatic carbocycles. The molecule has 2 aromatic rings. The van der Waals surface area contributed by atoms with Crippen LogP contribution in [0.5, 0.6) is 11.5 Å². The molecule has 0 aromatic heterocycles. The smallest absolute Gasteiger partial charge is 0.417 e.